The fraction of sp³-hybridized carbons (Fsp3) is 0.316. The Morgan fingerprint density at radius 3 is 2.24 bits per heavy atom. The zero-order chi connectivity index (χ0) is 21.2. The van der Waals surface area contributed by atoms with Crippen LogP contribution in [0.25, 0.3) is 0 Å². The summed E-state index contributed by atoms with van der Waals surface area (Å²) in [7, 11) is -3.88. The molecular weight excluding hydrogens is 429 g/mol. The standard InChI is InChI=1S/C19H18ClF3N2O3S/c20-15-7-6-13(29(27,28)25-11-4-2-1-3-5-11)10-14(15)19(26)24-12-8-16(21)18(23)17(22)9-12/h6-11,25H,1-5H2,(H,24,26). The average molecular weight is 447 g/mol. The van der Waals surface area contributed by atoms with Gasteiger partial charge in [0.25, 0.3) is 5.91 Å². The number of anilines is 1. The minimum Gasteiger partial charge on any atom is -0.322 e. The highest BCUT2D eigenvalue weighted by molar-refractivity contribution is 7.89. The van der Waals surface area contributed by atoms with Crippen LogP contribution in [0.4, 0.5) is 18.9 Å². The molecule has 1 amide bonds. The predicted octanol–water partition coefficient (Wildman–Crippen LogP) is 4.62. The first-order valence-corrected chi connectivity index (χ1v) is 10.8. The average Bonchev–Trinajstić information content (AvgIpc) is 2.66. The highest BCUT2D eigenvalue weighted by Crippen LogP contribution is 2.25. The summed E-state index contributed by atoms with van der Waals surface area (Å²) in [5.41, 5.74) is -0.542. The maximum absolute atomic E-state index is 13.3. The van der Waals surface area contributed by atoms with Crippen LogP contribution in [0.5, 0.6) is 0 Å². The van der Waals surface area contributed by atoms with Crippen molar-refractivity contribution in [2.24, 2.45) is 0 Å². The Labute approximate surface area is 171 Å². The van der Waals surface area contributed by atoms with Gasteiger partial charge in [-0.1, -0.05) is 30.9 Å². The molecule has 0 aromatic heterocycles. The number of hydrogen-bond donors (Lipinski definition) is 2. The summed E-state index contributed by atoms with van der Waals surface area (Å²) in [5, 5.41) is 2.13. The van der Waals surface area contributed by atoms with Crippen LogP contribution in [0.15, 0.2) is 35.2 Å². The predicted molar refractivity (Wildman–Crippen MR) is 103 cm³/mol. The maximum atomic E-state index is 13.3. The molecule has 2 N–H and O–H groups in total. The van der Waals surface area contributed by atoms with Crippen molar-refractivity contribution in [2.75, 3.05) is 5.32 Å². The lowest BCUT2D eigenvalue weighted by Gasteiger charge is -2.22. The van der Waals surface area contributed by atoms with Gasteiger partial charge >= 0.3 is 0 Å². The topological polar surface area (TPSA) is 75.3 Å². The molecule has 0 saturated heterocycles. The van der Waals surface area contributed by atoms with Gasteiger partial charge in [-0.15, -0.1) is 0 Å². The van der Waals surface area contributed by atoms with Crippen molar-refractivity contribution in [3.05, 3.63) is 58.4 Å². The molecule has 0 aliphatic heterocycles. The minimum atomic E-state index is -3.88. The number of nitrogens with one attached hydrogen (secondary N) is 2. The van der Waals surface area contributed by atoms with Crippen LogP contribution in [-0.2, 0) is 10.0 Å². The fourth-order valence-corrected chi connectivity index (χ4v) is 4.71. The van der Waals surface area contributed by atoms with Gasteiger partial charge in [-0.3, -0.25) is 4.79 Å². The molecule has 156 valence electrons. The number of rotatable bonds is 5. The van der Waals surface area contributed by atoms with E-state index in [1.54, 1.807) is 0 Å². The number of carbonyl (C=O) groups is 1. The van der Waals surface area contributed by atoms with E-state index in [0.29, 0.717) is 12.1 Å². The number of amides is 1. The van der Waals surface area contributed by atoms with Gasteiger partial charge in [0.05, 0.1) is 15.5 Å². The summed E-state index contributed by atoms with van der Waals surface area (Å²) in [4.78, 5) is 12.3. The monoisotopic (exact) mass is 446 g/mol. The molecule has 2 aromatic carbocycles. The zero-order valence-electron chi connectivity index (χ0n) is 15.1. The summed E-state index contributed by atoms with van der Waals surface area (Å²) < 4.78 is 67.6. The Morgan fingerprint density at radius 2 is 1.62 bits per heavy atom. The Balaban J connectivity index is 1.83. The number of benzene rings is 2. The van der Waals surface area contributed by atoms with E-state index in [-0.39, 0.29) is 27.2 Å². The van der Waals surface area contributed by atoms with Crippen molar-refractivity contribution in [3.8, 4) is 0 Å². The van der Waals surface area contributed by atoms with Gasteiger partial charge in [-0.05, 0) is 31.0 Å². The van der Waals surface area contributed by atoms with E-state index in [1.165, 1.54) is 12.1 Å². The summed E-state index contributed by atoms with van der Waals surface area (Å²) in [6.07, 6.45) is 4.41. The molecule has 1 fully saturated rings. The fourth-order valence-electron chi connectivity index (χ4n) is 3.18. The van der Waals surface area contributed by atoms with E-state index < -0.39 is 33.4 Å². The molecule has 0 radical (unpaired) electrons. The first-order valence-electron chi connectivity index (χ1n) is 8.95. The third-order valence-corrected chi connectivity index (χ3v) is 6.51. The van der Waals surface area contributed by atoms with Crippen LogP contribution in [0.1, 0.15) is 42.5 Å². The van der Waals surface area contributed by atoms with Gasteiger partial charge in [-0.2, -0.15) is 0 Å². The molecule has 1 saturated carbocycles. The maximum Gasteiger partial charge on any atom is 0.257 e. The van der Waals surface area contributed by atoms with Gasteiger partial charge in [0.15, 0.2) is 17.5 Å². The molecule has 0 spiro atoms. The summed E-state index contributed by atoms with van der Waals surface area (Å²) >= 11 is 6.00. The molecule has 3 rings (SSSR count). The molecule has 10 heteroatoms. The van der Waals surface area contributed by atoms with Gasteiger partial charge in [0.2, 0.25) is 10.0 Å². The molecule has 0 heterocycles. The van der Waals surface area contributed by atoms with Crippen molar-refractivity contribution in [1.29, 1.82) is 0 Å². The molecule has 1 aliphatic rings. The highest BCUT2D eigenvalue weighted by atomic mass is 35.5. The second-order valence-electron chi connectivity index (χ2n) is 6.81. The number of carbonyl (C=O) groups excluding carboxylic acids is 1. The van der Waals surface area contributed by atoms with Crippen LogP contribution in [0.3, 0.4) is 0 Å². The van der Waals surface area contributed by atoms with Gasteiger partial charge in [0.1, 0.15) is 0 Å². The van der Waals surface area contributed by atoms with E-state index >= 15 is 0 Å². The normalized spacial score (nSPS) is 15.3. The van der Waals surface area contributed by atoms with Gasteiger partial charge in [-0.25, -0.2) is 26.3 Å². The van der Waals surface area contributed by atoms with Crippen molar-refractivity contribution in [2.45, 2.75) is 43.0 Å². The number of halogens is 4. The number of hydrogen-bond acceptors (Lipinski definition) is 3. The van der Waals surface area contributed by atoms with E-state index in [4.69, 9.17) is 11.6 Å². The third kappa shape index (κ3) is 5.09. The zero-order valence-corrected chi connectivity index (χ0v) is 16.7. The second-order valence-corrected chi connectivity index (χ2v) is 8.93. The van der Waals surface area contributed by atoms with E-state index in [1.807, 2.05) is 0 Å². The first kappa shape index (κ1) is 21.6. The van der Waals surface area contributed by atoms with Crippen molar-refractivity contribution in [3.63, 3.8) is 0 Å². The minimum absolute atomic E-state index is 0.0535. The summed E-state index contributed by atoms with van der Waals surface area (Å²) in [5.74, 6) is -5.50. The van der Waals surface area contributed by atoms with E-state index in [2.05, 4.69) is 10.0 Å². The Morgan fingerprint density at radius 1 is 1.00 bits per heavy atom. The van der Waals surface area contributed by atoms with E-state index in [9.17, 15) is 26.4 Å². The molecule has 0 bridgehead atoms. The number of sulfonamides is 1. The molecule has 0 unspecified atom stereocenters. The quantitative estimate of drug-likeness (QED) is 0.658. The van der Waals surface area contributed by atoms with Crippen LogP contribution in [0, 0.1) is 17.5 Å². The molecule has 0 atom stereocenters. The van der Waals surface area contributed by atoms with Gasteiger partial charge < -0.3 is 5.32 Å². The second kappa shape index (κ2) is 8.73. The van der Waals surface area contributed by atoms with Crippen LogP contribution >= 0.6 is 11.6 Å². The lowest BCUT2D eigenvalue weighted by molar-refractivity contribution is 0.102. The summed E-state index contributed by atoms with van der Waals surface area (Å²) in [6, 6.07) is 4.63. The van der Waals surface area contributed by atoms with Crippen LogP contribution < -0.4 is 10.0 Å². The Bertz CT molecular complexity index is 1020. The molecule has 29 heavy (non-hydrogen) atoms. The van der Waals surface area contributed by atoms with Crippen molar-refractivity contribution in [1.82, 2.24) is 4.72 Å². The van der Waals surface area contributed by atoms with Crippen LogP contribution in [-0.4, -0.2) is 20.4 Å². The van der Waals surface area contributed by atoms with Gasteiger partial charge in [0, 0.05) is 23.9 Å². The largest absolute Gasteiger partial charge is 0.322 e. The Hall–Kier alpha value is -2.10. The molecular formula is C19H18ClF3N2O3S. The smallest absolute Gasteiger partial charge is 0.257 e. The van der Waals surface area contributed by atoms with Crippen LogP contribution in [0.2, 0.25) is 5.02 Å². The lowest BCUT2D eigenvalue weighted by Crippen LogP contribution is -2.36. The van der Waals surface area contributed by atoms with Crippen molar-refractivity contribution >= 4 is 33.2 Å². The first-order chi connectivity index (χ1) is 13.7. The van der Waals surface area contributed by atoms with Crippen molar-refractivity contribution < 1.29 is 26.4 Å². The molecule has 2 aromatic rings. The highest BCUT2D eigenvalue weighted by Gasteiger charge is 2.24. The summed E-state index contributed by atoms with van der Waals surface area (Å²) in [6.45, 7) is 0. The lowest BCUT2D eigenvalue weighted by atomic mass is 9.96. The third-order valence-electron chi connectivity index (χ3n) is 4.66. The van der Waals surface area contributed by atoms with E-state index in [0.717, 1.165) is 38.2 Å². The Kier molecular flexibility index (Phi) is 6.50. The molecule has 5 nitrogen and oxygen atoms in total. The molecule has 1 aliphatic carbocycles. The SMILES string of the molecule is O=C(Nc1cc(F)c(F)c(F)c1)c1cc(S(=O)(=O)NC2CCCCC2)ccc1Cl.